The number of hydrogen-bond acceptors (Lipinski definition) is 5. The summed E-state index contributed by atoms with van der Waals surface area (Å²) < 4.78 is 20.9. The van der Waals surface area contributed by atoms with Crippen molar-refractivity contribution in [3.8, 4) is 0 Å². The van der Waals surface area contributed by atoms with Crippen LogP contribution in [0.4, 0.5) is 0 Å². The summed E-state index contributed by atoms with van der Waals surface area (Å²) in [6.45, 7) is 2.17. The molecule has 1 saturated heterocycles. The quantitative estimate of drug-likeness (QED) is 0.348. The van der Waals surface area contributed by atoms with E-state index in [4.69, 9.17) is 18.3 Å². The van der Waals surface area contributed by atoms with Gasteiger partial charge in [0.1, 0.15) is 6.10 Å². The highest BCUT2D eigenvalue weighted by Gasteiger charge is 2.34. The summed E-state index contributed by atoms with van der Waals surface area (Å²) in [5, 5.41) is 9.18. The molecule has 1 aliphatic heterocycles. The van der Waals surface area contributed by atoms with Crippen molar-refractivity contribution in [2.45, 2.75) is 18.6 Å². The molecule has 5 nitrogen and oxygen atoms in total. The van der Waals surface area contributed by atoms with Crippen LogP contribution in [0.5, 0.6) is 0 Å². The lowest BCUT2D eigenvalue weighted by Crippen LogP contribution is -2.44. The number of ether oxygens (including phenoxy) is 2. The van der Waals surface area contributed by atoms with Gasteiger partial charge in [0.15, 0.2) is 0 Å². The maximum Gasteiger partial charge on any atom is 0.364 e. The molecule has 0 saturated carbocycles. The Kier molecular flexibility index (Phi) is 5.73. The van der Waals surface area contributed by atoms with Crippen molar-refractivity contribution in [3.63, 3.8) is 0 Å². The Bertz CT molecular complexity index is 162. The van der Waals surface area contributed by atoms with E-state index < -0.39 is 8.56 Å². The van der Waals surface area contributed by atoms with Crippen LogP contribution < -0.4 is 0 Å². The van der Waals surface area contributed by atoms with Crippen LogP contribution in [0.25, 0.3) is 0 Å². The van der Waals surface area contributed by atoms with E-state index in [2.05, 4.69) is 0 Å². The third-order valence-corrected chi connectivity index (χ3v) is 5.62. The van der Waals surface area contributed by atoms with Gasteiger partial charge in [-0.05, 0) is 12.5 Å². The molecule has 1 unspecified atom stereocenters. The zero-order valence-electron chi connectivity index (χ0n) is 9.40. The van der Waals surface area contributed by atoms with Crippen molar-refractivity contribution >= 4 is 8.56 Å². The zero-order valence-corrected chi connectivity index (χ0v) is 10.4. The molecule has 1 N–H and O–H groups in total. The van der Waals surface area contributed by atoms with E-state index >= 15 is 0 Å². The topological polar surface area (TPSA) is 60.5 Å². The average molecular weight is 236 g/mol. The van der Waals surface area contributed by atoms with Crippen molar-refractivity contribution in [1.82, 2.24) is 0 Å². The molecule has 15 heavy (non-hydrogen) atoms. The monoisotopic (exact) mass is 236 g/mol. The van der Waals surface area contributed by atoms with Crippen molar-refractivity contribution < 1.29 is 23.4 Å². The molecule has 0 aromatic rings. The first-order chi connectivity index (χ1) is 7.26. The SMILES string of the molecule is CO[Si](CO)(CCCOCC1CO1)OC. The third-order valence-electron chi connectivity index (χ3n) is 2.54. The number of aliphatic hydroxyl groups excluding tert-OH is 1. The highest BCUT2D eigenvalue weighted by molar-refractivity contribution is 6.67. The van der Waals surface area contributed by atoms with Gasteiger partial charge in [-0.2, -0.15) is 0 Å². The number of aliphatic hydroxyl groups is 1. The van der Waals surface area contributed by atoms with Gasteiger partial charge in [0.2, 0.25) is 0 Å². The number of epoxide rings is 1. The van der Waals surface area contributed by atoms with Gasteiger partial charge in [0.25, 0.3) is 0 Å². The molecular weight excluding hydrogens is 216 g/mol. The van der Waals surface area contributed by atoms with Crippen LogP contribution in [0.1, 0.15) is 6.42 Å². The first-order valence-corrected chi connectivity index (χ1v) is 7.40. The van der Waals surface area contributed by atoms with E-state index in [0.717, 1.165) is 19.1 Å². The Labute approximate surface area is 91.5 Å². The number of hydrogen-bond donors (Lipinski definition) is 1. The van der Waals surface area contributed by atoms with E-state index in [1.165, 1.54) is 0 Å². The smallest absolute Gasteiger partial charge is 0.364 e. The van der Waals surface area contributed by atoms with Crippen LogP contribution in [-0.4, -0.2) is 60.0 Å². The lowest BCUT2D eigenvalue weighted by atomic mass is 10.5. The molecule has 0 spiro atoms. The summed E-state index contributed by atoms with van der Waals surface area (Å²) in [6.07, 6.45) is 1.15. The lowest BCUT2D eigenvalue weighted by molar-refractivity contribution is 0.113. The first kappa shape index (κ1) is 13.1. The Morgan fingerprint density at radius 3 is 2.53 bits per heavy atom. The molecule has 1 fully saturated rings. The molecule has 6 heteroatoms. The van der Waals surface area contributed by atoms with Gasteiger partial charge in [0.05, 0.1) is 19.4 Å². The second-order valence-corrected chi connectivity index (χ2v) is 7.06. The fourth-order valence-electron chi connectivity index (χ4n) is 1.32. The van der Waals surface area contributed by atoms with Gasteiger partial charge in [-0.15, -0.1) is 0 Å². The Balaban J connectivity index is 2.04. The van der Waals surface area contributed by atoms with E-state index in [0.29, 0.717) is 19.3 Å². The fourth-order valence-corrected chi connectivity index (χ4v) is 2.99. The molecular formula is C9H20O5Si. The first-order valence-electron chi connectivity index (χ1n) is 5.17. The number of rotatable bonds is 9. The minimum Gasteiger partial charge on any atom is -0.396 e. The molecule has 0 aromatic heterocycles. The van der Waals surface area contributed by atoms with Gasteiger partial charge in [-0.1, -0.05) is 0 Å². The van der Waals surface area contributed by atoms with Crippen LogP contribution in [0, 0.1) is 0 Å². The highest BCUT2D eigenvalue weighted by atomic mass is 28.4. The van der Waals surface area contributed by atoms with E-state index in [-0.39, 0.29) is 6.23 Å². The normalized spacial score (nSPS) is 20.6. The minimum absolute atomic E-state index is 0.00820. The zero-order chi connectivity index (χ0) is 11.1. The summed E-state index contributed by atoms with van der Waals surface area (Å²) in [4.78, 5) is 0. The van der Waals surface area contributed by atoms with E-state index in [1.54, 1.807) is 14.2 Å². The molecule has 1 heterocycles. The molecule has 0 aliphatic carbocycles. The van der Waals surface area contributed by atoms with Gasteiger partial charge >= 0.3 is 8.56 Å². The van der Waals surface area contributed by atoms with Gasteiger partial charge < -0.3 is 23.4 Å². The second kappa shape index (κ2) is 6.57. The Hall–Kier alpha value is 0.0169. The predicted molar refractivity (Wildman–Crippen MR) is 56.8 cm³/mol. The summed E-state index contributed by atoms with van der Waals surface area (Å²) >= 11 is 0. The van der Waals surface area contributed by atoms with Gasteiger partial charge in [0, 0.05) is 20.8 Å². The highest BCUT2D eigenvalue weighted by Crippen LogP contribution is 2.14. The van der Waals surface area contributed by atoms with Crippen molar-refractivity contribution in [2.75, 3.05) is 40.3 Å². The standard InChI is InChI=1S/C9H20O5Si/c1-11-15(8-10,12-2)5-3-4-13-6-9-7-14-9/h9-10H,3-8H2,1-2H3. The molecule has 0 amide bonds. The van der Waals surface area contributed by atoms with Gasteiger partial charge in [-0.25, -0.2) is 0 Å². The van der Waals surface area contributed by atoms with Crippen molar-refractivity contribution in [2.24, 2.45) is 0 Å². The molecule has 1 rings (SSSR count). The van der Waals surface area contributed by atoms with Crippen LogP contribution in [-0.2, 0) is 18.3 Å². The maximum atomic E-state index is 9.18. The molecule has 0 bridgehead atoms. The predicted octanol–water partition coefficient (Wildman–Crippen LogP) is 0.0584. The van der Waals surface area contributed by atoms with Crippen LogP contribution >= 0.6 is 0 Å². The molecule has 1 aliphatic rings. The van der Waals surface area contributed by atoms with Crippen molar-refractivity contribution in [3.05, 3.63) is 0 Å². The largest absolute Gasteiger partial charge is 0.396 e. The Morgan fingerprint density at radius 2 is 2.07 bits per heavy atom. The summed E-state index contributed by atoms with van der Waals surface area (Å²) in [7, 11) is 0.842. The summed E-state index contributed by atoms with van der Waals surface area (Å²) in [5.41, 5.74) is 0. The Morgan fingerprint density at radius 1 is 1.40 bits per heavy atom. The molecule has 0 radical (unpaired) electrons. The van der Waals surface area contributed by atoms with Crippen molar-refractivity contribution in [1.29, 1.82) is 0 Å². The molecule has 90 valence electrons. The maximum absolute atomic E-state index is 9.18. The van der Waals surface area contributed by atoms with Crippen LogP contribution in [0.2, 0.25) is 6.04 Å². The van der Waals surface area contributed by atoms with E-state index in [9.17, 15) is 5.11 Å². The van der Waals surface area contributed by atoms with Gasteiger partial charge in [-0.3, -0.25) is 0 Å². The fraction of sp³-hybridized carbons (Fsp3) is 1.00. The van der Waals surface area contributed by atoms with Crippen LogP contribution in [0.15, 0.2) is 0 Å². The lowest BCUT2D eigenvalue weighted by Gasteiger charge is -2.24. The summed E-state index contributed by atoms with van der Waals surface area (Å²) in [5.74, 6) is 0. The van der Waals surface area contributed by atoms with E-state index in [1.807, 2.05) is 0 Å². The molecule has 1 atom stereocenters. The average Bonchev–Trinajstić information content (AvgIpc) is 3.08. The molecule has 0 aromatic carbocycles. The summed E-state index contributed by atoms with van der Waals surface area (Å²) in [6, 6.07) is 0.752. The minimum atomic E-state index is -2.33. The van der Waals surface area contributed by atoms with Crippen LogP contribution in [0.3, 0.4) is 0 Å². The third kappa shape index (κ3) is 4.58. The second-order valence-electron chi connectivity index (χ2n) is 3.61.